The molecule has 1 amide bonds. The summed E-state index contributed by atoms with van der Waals surface area (Å²) >= 11 is 0. The fourth-order valence-electron chi connectivity index (χ4n) is 3.68. The molecule has 3 heterocycles. The topological polar surface area (TPSA) is 68.5 Å². The zero-order valence-electron chi connectivity index (χ0n) is 14.9. The highest BCUT2D eigenvalue weighted by atomic mass is 16.5. The van der Waals surface area contributed by atoms with Crippen LogP contribution in [0.1, 0.15) is 54.2 Å². The molecule has 0 unspecified atom stereocenters. The van der Waals surface area contributed by atoms with Crippen molar-refractivity contribution in [2.24, 2.45) is 0 Å². The molecular formula is C19H23N3O3. The van der Waals surface area contributed by atoms with Crippen molar-refractivity contribution in [1.29, 1.82) is 0 Å². The molecule has 6 heteroatoms. The predicted molar refractivity (Wildman–Crippen MR) is 91.4 cm³/mol. The summed E-state index contributed by atoms with van der Waals surface area (Å²) in [5, 5.41) is 4.07. The van der Waals surface area contributed by atoms with E-state index in [2.05, 4.69) is 30.1 Å². The van der Waals surface area contributed by atoms with E-state index in [1.54, 1.807) is 0 Å². The molecule has 2 aliphatic rings. The van der Waals surface area contributed by atoms with Gasteiger partial charge in [0.2, 0.25) is 5.89 Å². The van der Waals surface area contributed by atoms with Crippen molar-refractivity contribution >= 4 is 5.91 Å². The van der Waals surface area contributed by atoms with Gasteiger partial charge in [-0.15, -0.1) is 0 Å². The van der Waals surface area contributed by atoms with Crippen molar-refractivity contribution in [1.82, 2.24) is 15.0 Å². The van der Waals surface area contributed by atoms with Crippen molar-refractivity contribution in [3.8, 4) is 5.75 Å². The quantitative estimate of drug-likeness (QED) is 0.858. The number of hydrogen-bond acceptors (Lipinski definition) is 5. The van der Waals surface area contributed by atoms with Crippen LogP contribution in [0, 0.1) is 13.8 Å². The van der Waals surface area contributed by atoms with Gasteiger partial charge in [0.15, 0.2) is 11.9 Å². The summed E-state index contributed by atoms with van der Waals surface area (Å²) < 4.78 is 11.2. The van der Waals surface area contributed by atoms with Gasteiger partial charge in [0.25, 0.3) is 5.91 Å². The Morgan fingerprint density at radius 2 is 2.12 bits per heavy atom. The summed E-state index contributed by atoms with van der Waals surface area (Å²) in [6.07, 6.45) is 2.70. The average molecular weight is 341 g/mol. The summed E-state index contributed by atoms with van der Waals surface area (Å²) in [7, 11) is 0. The standard InChI is InChI=1S/C19H23N3O3/c1-4-17-20-18(21-25-17)14-6-5-7-22(14)19(23)16-10-13-8-11(2)12(3)9-15(13)24-16/h8-9,14,16H,4-7,10H2,1-3H3/t14-,16+/m1/s1. The minimum absolute atomic E-state index is 0.0249. The molecule has 0 bridgehead atoms. The maximum Gasteiger partial charge on any atom is 0.264 e. The van der Waals surface area contributed by atoms with Crippen molar-refractivity contribution in [2.75, 3.05) is 6.54 Å². The van der Waals surface area contributed by atoms with E-state index in [1.165, 1.54) is 11.1 Å². The van der Waals surface area contributed by atoms with E-state index in [0.717, 1.165) is 24.2 Å². The smallest absolute Gasteiger partial charge is 0.264 e. The molecule has 0 N–H and O–H groups in total. The van der Waals surface area contributed by atoms with E-state index >= 15 is 0 Å². The Morgan fingerprint density at radius 3 is 2.88 bits per heavy atom. The molecule has 1 aromatic carbocycles. The van der Waals surface area contributed by atoms with Gasteiger partial charge < -0.3 is 14.2 Å². The molecule has 4 rings (SSSR count). The first-order valence-electron chi connectivity index (χ1n) is 8.96. The minimum Gasteiger partial charge on any atom is -0.480 e. The molecule has 6 nitrogen and oxygen atoms in total. The molecule has 1 fully saturated rings. The molecule has 0 aliphatic carbocycles. The van der Waals surface area contributed by atoms with Gasteiger partial charge in [0.05, 0.1) is 6.04 Å². The molecule has 2 aliphatic heterocycles. The van der Waals surface area contributed by atoms with Crippen LogP contribution in [-0.2, 0) is 17.6 Å². The normalized spacial score (nSPS) is 22.1. The third kappa shape index (κ3) is 2.79. The summed E-state index contributed by atoms with van der Waals surface area (Å²) in [4.78, 5) is 19.3. The number of aryl methyl sites for hydroxylation is 3. The second-order valence-corrected chi connectivity index (χ2v) is 6.94. The third-order valence-corrected chi connectivity index (χ3v) is 5.25. The molecule has 25 heavy (non-hydrogen) atoms. The van der Waals surface area contributed by atoms with Crippen LogP contribution in [0.2, 0.25) is 0 Å². The SMILES string of the molecule is CCc1nc([C@H]2CCCN2C(=O)[C@@H]2Cc3cc(C)c(C)cc3O2)no1. The van der Waals surface area contributed by atoms with E-state index in [-0.39, 0.29) is 11.9 Å². The number of hydrogen-bond donors (Lipinski definition) is 0. The first-order valence-corrected chi connectivity index (χ1v) is 8.96. The van der Waals surface area contributed by atoms with Crippen LogP contribution < -0.4 is 4.74 Å². The van der Waals surface area contributed by atoms with Crippen molar-refractivity contribution < 1.29 is 14.1 Å². The number of rotatable bonds is 3. The number of fused-ring (bicyclic) bond motifs is 1. The molecule has 2 aromatic rings. The number of benzene rings is 1. The Labute approximate surface area is 147 Å². The van der Waals surface area contributed by atoms with Gasteiger partial charge in [-0.3, -0.25) is 4.79 Å². The van der Waals surface area contributed by atoms with Crippen LogP contribution in [0.5, 0.6) is 5.75 Å². The van der Waals surface area contributed by atoms with Crippen molar-refractivity contribution in [3.63, 3.8) is 0 Å². The molecule has 2 atom stereocenters. The predicted octanol–water partition coefficient (Wildman–Crippen LogP) is 2.92. The van der Waals surface area contributed by atoms with Crippen LogP contribution in [-0.4, -0.2) is 33.6 Å². The van der Waals surface area contributed by atoms with Crippen LogP contribution in [0.15, 0.2) is 16.7 Å². The number of carbonyl (C=O) groups is 1. The maximum atomic E-state index is 13.1. The van der Waals surface area contributed by atoms with Gasteiger partial charge in [0.1, 0.15) is 5.75 Å². The van der Waals surface area contributed by atoms with Crippen molar-refractivity contribution in [3.05, 3.63) is 40.5 Å². The lowest BCUT2D eigenvalue weighted by Crippen LogP contribution is -2.41. The Morgan fingerprint density at radius 1 is 1.32 bits per heavy atom. The second-order valence-electron chi connectivity index (χ2n) is 6.94. The van der Waals surface area contributed by atoms with Gasteiger partial charge in [-0.2, -0.15) is 4.98 Å². The van der Waals surface area contributed by atoms with E-state index in [4.69, 9.17) is 9.26 Å². The van der Waals surface area contributed by atoms with E-state index in [0.29, 0.717) is 31.1 Å². The Bertz CT molecular complexity index is 783. The number of amides is 1. The molecule has 0 spiro atoms. The largest absolute Gasteiger partial charge is 0.480 e. The van der Waals surface area contributed by atoms with Crippen LogP contribution in [0.4, 0.5) is 0 Å². The number of ether oxygens (including phenoxy) is 1. The lowest BCUT2D eigenvalue weighted by Gasteiger charge is -2.25. The van der Waals surface area contributed by atoms with Gasteiger partial charge in [-0.05, 0) is 49.4 Å². The zero-order valence-corrected chi connectivity index (χ0v) is 14.9. The molecular weight excluding hydrogens is 318 g/mol. The summed E-state index contributed by atoms with van der Waals surface area (Å²) in [5.41, 5.74) is 3.53. The van der Waals surface area contributed by atoms with E-state index in [9.17, 15) is 4.79 Å². The molecule has 0 saturated carbocycles. The fraction of sp³-hybridized carbons (Fsp3) is 0.526. The van der Waals surface area contributed by atoms with Crippen LogP contribution in [0.25, 0.3) is 0 Å². The highest BCUT2D eigenvalue weighted by Crippen LogP contribution is 2.35. The Kier molecular flexibility index (Phi) is 3.98. The Balaban J connectivity index is 1.52. The summed E-state index contributed by atoms with van der Waals surface area (Å²) in [6.45, 7) is 6.84. The lowest BCUT2D eigenvalue weighted by molar-refractivity contribution is -0.139. The summed E-state index contributed by atoms with van der Waals surface area (Å²) in [5.74, 6) is 2.09. The maximum absolute atomic E-state index is 13.1. The summed E-state index contributed by atoms with van der Waals surface area (Å²) in [6, 6.07) is 4.06. The van der Waals surface area contributed by atoms with Gasteiger partial charge in [-0.25, -0.2) is 0 Å². The highest BCUT2D eigenvalue weighted by Gasteiger charge is 2.39. The van der Waals surface area contributed by atoms with Gasteiger partial charge in [0, 0.05) is 19.4 Å². The first-order chi connectivity index (χ1) is 12.1. The first kappa shape index (κ1) is 16.1. The number of carbonyl (C=O) groups excluding carboxylic acids is 1. The third-order valence-electron chi connectivity index (χ3n) is 5.25. The minimum atomic E-state index is -0.450. The number of likely N-dealkylation sites (tertiary alicyclic amines) is 1. The van der Waals surface area contributed by atoms with Gasteiger partial charge >= 0.3 is 0 Å². The molecule has 1 saturated heterocycles. The van der Waals surface area contributed by atoms with Gasteiger partial charge in [-0.1, -0.05) is 18.1 Å². The average Bonchev–Trinajstić information content (AvgIpc) is 3.32. The highest BCUT2D eigenvalue weighted by molar-refractivity contribution is 5.83. The van der Waals surface area contributed by atoms with E-state index in [1.807, 2.05) is 17.9 Å². The fourth-order valence-corrected chi connectivity index (χ4v) is 3.68. The lowest BCUT2D eigenvalue weighted by atomic mass is 10.0. The molecule has 132 valence electrons. The molecule has 0 radical (unpaired) electrons. The second kappa shape index (κ2) is 6.17. The number of aromatic nitrogens is 2. The van der Waals surface area contributed by atoms with Crippen LogP contribution >= 0.6 is 0 Å². The number of nitrogens with zero attached hydrogens (tertiary/aromatic N) is 3. The van der Waals surface area contributed by atoms with Crippen LogP contribution in [0.3, 0.4) is 0 Å². The Hall–Kier alpha value is -2.37. The van der Waals surface area contributed by atoms with E-state index < -0.39 is 6.10 Å². The molecule has 1 aromatic heterocycles. The monoisotopic (exact) mass is 341 g/mol. The van der Waals surface area contributed by atoms with Crippen molar-refractivity contribution in [2.45, 2.75) is 58.6 Å². The zero-order chi connectivity index (χ0) is 17.6.